The molecule has 0 aliphatic heterocycles. The van der Waals surface area contributed by atoms with Gasteiger partial charge < -0.3 is 14.8 Å². The number of carbonyl (C=O) groups excluding carboxylic acids is 2. The highest BCUT2D eigenvalue weighted by Crippen LogP contribution is 2.29. The number of benzene rings is 2. The van der Waals surface area contributed by atoms with Gasteiger partial charge in [0.25, 0.3) is 5.91 Å². The van der Waals surface area contributed by atoms with Gasteiger partial charge in [0.1, 0.15) is 10.8 Å². The summed E-state index contributed by atoms with van der Waals surface area (Å²) in [5.74, 6) is -0.0288. The first-order valence-corrected chi connectivity index (χ1v) is 9.91. The maximum absolute atomic E-state index is 12.5. The van der Waals surface area contributed by atoms with Crippen molar-refractivity contribution in [3.8, 4) is 16.3 Å². The summed E-state index contributed by atoms with van der Waals surface area (Å²) in [7, 11) is 2.93. The van der Waals surface area contributed by atoms with Gasteiger partial charge in [0.2, 0.25) is 0 Å². The van der Waals surface area contributed by atoms with Crippen LogP contribution in [0.15, 0.2) is 48.5 Å². The van der Waals surface area contributed by atoms with Crippen molar-refractivity contribution in [2.24, 2.45) is 0 Å². The third kappa shape index (κ3) is 4.81. The number of amides is 1. The molecule has 0 saturated carbocycles. The number of hydrogen-bond donors (Lipinski definition) is 1. The number of thiazole rings is 1. The van der Waals surface area contributed by atoms with E-state index >= 15 is 0 Å². The van der Waals surface area contributed by atoms with Crippen molar-refractivity contribution in [2.45, 2.75) is 13.3 Å². The van der Waals surface area contributed by atoms with Crippen LogP contribution < -0.4 is 10.1 Å². The monoisotopic (exact) mass is 410 g/mol. The number of aromatic nitrogens is 1. The minimum absolute atomic E-state index is 0.253. The third-order valence-corrected chi connectivity index (χ3v) is 5.71. The van der Waals surface area contributed by atoms with Gasteiger partial charge >= 0.3 is 5.97 Å². The quantitative estimate of drug-likeness (QED) is 0.598. The molecule has 29 heavy (non-hydrogen) atoms. The fourth-order valence-electron chi connectivity index (χ4n) is 2.87. The second-order valence-corrected chi connectivity index (χ2v) is 7.38. The van der Waals surface area contributed by atoms with Crippen molar-refractivity contribution in [3.05, 3.63) is 70.2 Å². The van der Waals surface area contributed by atoms with E-state index in [4.69, 9.17) is 9.47 Å². The van der Waals surface area contributed by atoms with Crippen LogP contribution in [-0.2, 0) is 11.2 Å². The van der Waals surface area contributed by atoms with Crippen molar-refractivity contribution in [2.75, 3.05) is 20.8 Å². The molecule has 0 aliphatic carbocycles. The van der Waals surface area contributed by atoms with Crippen molar-refractivity contribution in [1.82, 2.24) is 10.3 Å². The molecule has 3 aromatic rings. The molecule has 1 aromatic heterocycles. The molecule has 3 rings (SSSR count). The van der Waals surface area contributed by atoms with Crippen molar-refractivity contribution in [1.29, 1.82) is 0 Å². The van der Waals surface area contributed by atoms with E-state index in [1.807, 2.05) is 31.2 Å². The molecular formula is C22H22N2O4S. The summed E-state index contributed by atoms with van der Waals surface area (Å²) in [5.41, 5.74) is 2.54. The highest BCUT2D eigenvalue weighted by atomic mass is 32.1. The zero-order valence-corrected chi connectivity index (χ0v) is 17.3. The van der Waals surface area contributed by atoms with Gasteiger partial charge in [0.05, 0.1) is 31.0 Å². The molecule has 1 N–H and O–H groups in total. The normalized spacial score (nSPS) is 10.4. The number of aryl methyl sites for hydroxylation is 1. The van der Waals surface area contributed by atoms with Gasteiger partial charge in [-0.1, -0.05) is 12.1 Å². The lowest BCUT2D eigenvalue weighted by atomic mass is 10.1. The zero-order valence-electron chi connectivity index (χ0n) is 16.5. The van der Waals surface area contributed by atoms with E-state index in [1.54, 1.807) is 42.7 Å². The fraction of sp³-hybridized carbons (Fsp3) is 0.227. The maximum atomic E-state index is 12.5. The van der Waals surface area contributed by atoms with Gasteiger partial charge in [-0.2, -0.15) is 0 Å². The molecule has 7 heteroatoms. The molecule has 0 spiro atoms. The van der Waals surface area contributed by atoms with E-state index in [0.717, 1.165) is 26.9 Å². The third-order valence-electron chi connectivity index (χ3n) is 4.44. The second-order valence-electron chi connectivity index (χ2n) is 6.30. The summed E-state index contributed by atoms with van der Waals surface area (Å²) in [6, 6.07) is 14.4. The van der Waals surface area contributed by atoms with Crippen molar-refractivity contribution >= 4 is 23.2 Å². The Hall–Kier alpha value is -3.19. The van der Waals surface area contributed by atoms with Gasteiger partial charge in [-0.3, -0.25) is 4.79 Å². The fourth-order valence-corrected chi connectivity index (χ4v) is 3.94. The molecule has 2 aromatic carbocycles. The molecular weight excluding hydrogens is 388 g/mol. The SMILES string of the molecule is COC(=O)c1ccccc1C(=O)NCCc1sc(-c2ccc(OC)cc2)nc1C. The molecule has 1 amide bonds. The van der Waals surface area contributed by atoms with Gasteiger partial charge in [-0.15, -0.1) is 11.3 Å². The van der Waals surface area contributed by atoms with Crippen LogP contribution in [0.25, 0.3) is 10.6 Å². The number of esters is 1. The van der Waals surface area contributed by atoms with Crippen LogP contribution in [0.3, 0.4) is 0 Å². The number of nitrogens with zero attached hydrogens (tertiary/aromatic N) is 1. The molecule has 0 unspecified atom stereocenters. The first-order chi connectivity index (χ1) is 14.0. The molecule has 0 fully saturated rings. The first-order valence-electron chi connectivity index (χ1n) is 9.09. The predicted molar refractivity (Wildman–Crippen MR) is 113 cm³/mol. The minimum Gasteiger partial charge on any atom is -0.497 e. The van der Waals surface area contributed by atoms with Gasteiger partial charge in [-0.05, 0) is 43.3 Å². The van der Waals surface area contributed by atoms with Crippen molar-refractivity contribution in [3.63, 3.8) is 0 Å². The Morgan fingerprint density at radius 3 is 2.38 bits per heavy atom. The Labute approximate surface area is 173 Å². The smallest absolute Gasteiger partial charge is 0.338 e. The maximum Gasteiger partial charge on any atom is 0.338 e. The van der Waals surface area contributed by atoms with Crippen molar-refractivity contribution < 1.29 is 19.1 Å². The number of hydrogen-bond acceptors (Lipinski definition) is 6. The van der Waals surface area contributed by atoms with Crippen LogP contribution in [0.5, 0.6) is 5.75 Å². The van der Waals surface area contributed by atoms with Gasteiger partial charge in [0, 0.05) is 23.4 Å². The number of nitrogens with one attached hydrogen (secondary N) is 1. The standard InChI is InChI=1S/C22H22N2O4S/c1-14-19(29-21(24-14)15-8-10-16(27-2)11-9-15)12-13-23-20(25)17-6-4-5-7-18(17)22(26)28-3/h4-11H,12-13H2,1-3H3,(H,23,25). The lowest BCUT2D eigenvalue weighted by Crippen LogP contribution is -2.27. The van der Waals surface area contributed by atoms with E-state index in [1.165, 1.54) is 7.11 Å². The average Bonchev–Trinajstić information content (AvgIpc) is 3.13. The topological polar surface area (TPSA) is 77.5 Å². The van der Waals surface area contributed by atoms with Crippen LogP contribution in [0.2, 0.25) is 0 Å². The van der Waals surface area contributed by atoms with E-state index in [2.05, 4.69) is 10.3 Å². The minimum atomic E-state index is -0.529. The molecule has 6 nitrogen and oxygen atoms in total. The Morgan fingerprint density at radius 2 is 1.72 bits per heavy atom. The first kappa shape index (κ1) is 20.5. The van der Waals surface area contributed by atoms with Crippen LogP contribution in [-0.4, -0.2) is 37.6 Å². The van der Waals surface area contributed by atoms with E-state index in [-0.39, 0.29) is 11.5 Å². The van der Waals surface area contributed by atoms with E-state index in [9.17, 15) is 9.59 Å². The predicted octanol–water partition coefficient (Wildman–Crippen LogP) is 3.89. The van der Waals surface area contributed by atoms with Gasteiger partial charge in [0.15, 0.2) is 0 Å². The summed E-state index contributed by atoms with van der Waals surface area (Å²) in [5, 5.41) is 3.81. The lowest BCUT2D eigenvalue weighted by Gasteiger charge is -2.08. The number of methoxy groups -OCH3 is 2. The Balaban J connectivity index is 1.64. The van der Waals surface area contributed by atoms with Gasteiger partial charge in [-0.25, -0.2) is 9.78 Å². The zero-order chi connectivity index (χ0) is 20.8. The van der Waals surface area contributed by atoms with E-state index in [0.29, 0.717) is 18.5 Å². The largest absolute Gasteiger partial charge is 0.497 e. The Morgan fingerprint density at radius 1 is 1.03 bits per heavy atom. The molecule has 0 saturated heterocycles. The van der Waals surface area contributed by atoms with Crippen LogP contribution in [0.4, 0.5) is 0 Å². The summed E-state index contributed by atoms with van der Waals surface area (Å²) in [6.07, 6.45) is 0.659. The van der Waals surface area contributed by atoms with E-state index < -0.39 is 5.97 Å². The number of ether oxygens (including phenoxy) is 2. The number of carbonyl (C=O) groups is 2. The highest BCUT2D eigenvalue weighted by molar-refractivity contribution is 7.15. The van der Waals surface area contributed by atoms with Crippen LogP contribution >= 0.6 is 11.3 Å². The molecule has 150 valence electrons. The Bertz CT molecular complexity index is 1010. The summed E-state index contributed by atoms with van der Waals surface area (Å²) in [4.78, 5) is 30.1. The average molecular weight is 410 g/mol. The molecule has 1 heterocycles. The number of rotatable bonds is 7. The highest BCUT2D eigenvalue weighted by Gasteiger charge is 2.17. The van der Waals surface area contributed by atoms with Crippen LogP contribution in [0.1, 0.15) is 31.3 Å². The summed E-state index contributed by atoms with van der Waals surface area (Å²) >= 11 is 1.61. The molecule has 0 atom stereocenters. The van der Waals surface area contributed by atoms with Crippen LogP contribution in [0, 0.1) is 6.92 Å². The molecule has 0 radical (unpaired) electrons. The molecule has 0 bridgehead atoms. The summed E-state index contributed by atoms with van der Waals surface area (Å²) in [6.45, 7) is 2.41. The Kier molecular flexibility index (Phi) is 6.61. The summed E-state index contributed by atoms with van der Waals surface area (Å²) < 4.78 is 9.93. The second kappa shape index (κ2) is 9.34. The lowest BCUT2D eigenvalue weighted by molar-refractivity contribution is 0.0596. The molecule has 0 aliphatic rings.